The summed E-state index contributed by atoms with van der Waals surface area (Å²) in [6, 6.07) is 18.8. The van der Waals surface area contributed by atoms with Crippen LogP contribution in [0.3, 0.4) is 0 Å². The minimum atomic E-state index is -4.53. The molecule has 1 aliphatic heterocycles. The number of hydrogen-bond acceptors (Lipinski definition) is 3. The number of alkyl halides is 3. The van der Waals surface area contributed by atoms with Crippen molar-refractivity contribution in [3.63, 3.8) is 0 Å². The lowest BCUT2D eigenvalue weighted by Crippen LogP contribution is -2.31. The summed E-state index contributed by atoms with van der Waals surface area (Å²) in [5.74, 6) is -0.529. The lowest BCUT2D eigenvalue weighted by molar-refractivity contribution is -0.137. The molecule has 0 saturated carbocycles. The van der Waals surface area contributed by atoms with Gasteiger partial charge in [-0.1, -0.05) is 54.1 Å². The third-order valence-corrected chi connectivity index (χ3v) is 7.46. The molecule has 1 amide bonds. The molecule has 2 heterocycles. The zero-order valence-electron chi connectivity index (χ0n) is 17.2. The molecule has 0 spiro atoms. The van der Waals surface area contributed by atoms with Crippen LogP contribution in [0, 0.1) is 0 Å². The van der Waals surface area contributed by atoms with Gasteiger partial charge in [-0.15, -0.1) is 11.3 Å². The number of thiophene rings is 1. The molecule has 1 N–H and O–H groups in total. The number of benzene rings is 3. The first-order valence-corrected chi connectivity index (χ1v) is 11.5. The molecule has 0 atom stereocenters. The largest absolute Gasteiger partial charge is 0.416 e. The molecule has 0 bridgehead atoms. The maximum Gasteiger partial charge on any atom is 0.416 e. The Bertz CT molecular complexity index is 1370. The van der Waals surface area contributed by atoms with E-state index in [2.05, 4.69) is 11.4 Å². The van der Waals surface area contributed by atoms with Crippen molar-refractivity contribution in [1.82, 2.24) is 0 Å². The molecule has 0 saturated heterocycles. The molecule has 3 aromatic carbocycles. The van der Waals surface area contributed by atoms with Crippen LogP contribution in [0.1, 0.15) is 26.4 Å². The lowest BCUT2D eigenvalue weighted by Gasteiger charge is -2.32. The molecule has 0 aliphatic carbocycles. The smallest absolute Gasteiger partial charge is 0.365 e. The van der Waals surface area contributed by atoms with Crippen LogP contribution in [-0.4, -0.2) is 12.5 Å². The van der Waals surface area contributed by atoms with Crippen LogP contribution in [0.2, 0.25) is 5.02 Å². The molecule has 168 valence electrons. The number of carbonyl (C=O) groups excluding carboxylic acids is 1. The number of nitrogens with zero attached hydrogens (tertiary/aromatic N) is 1. The predicted molar refractivity (Wildman–Crippen MR) is 127 cm³/mol. The number of nitrogens with one attached hydrogen (secondary N) is 1. The number of hydrogen-bond donors (Lipinski definition) is 1. The summed E-state index contributed by atoms with van der Waals surface area (Å²) in [6.45, 7) is 1.18. The number of halogens is 4. The van der Waals surface area contributed by atoms with E-state index in [0.717, 1.165) is 34.2 Å². The van der Waals surface area contributed by atoms with Gasteiger partial charge < -0.3 is 10.2 Å². The van der Waals surface area contributed by atoms with Crippen molar-refractivity contribution < 1.29 is 18.0 Å². The van der Waals surface area contributed by atoms with E-state index in [1.54, 1.807) is 0 Å². The number of carbonyl (C=O) groups is 1. The van der Waals surface area contributed by atoms with E-state index in [0.29, 0.717) is 23.8 Å². The number of anilines is 2. The number of amides is 1. The Kier molecular flexibility index (Phi) is 5.54. The Hall–Kier alpha value is -3.03. The molecule has 1 aliphatic rings. The summed E-state index contributed by atoms with van der Waals surface area (Å²) in [4.78, 5) is 15.4. The second-order valence-corrected chi connectivity index (χ2v) is 9.30. The Morgan fingerprint density at radius 2 is 1.73 bits per heavy atom. The second kappa shape index (κ2) is 8.39. The molecule has 8 heteroatoms. The normalized spacial score (nSPS) is 13.8. The summed E-state index contributed by atoms with van der Waals surface area (Å²) in [7, 11) is 0. The maximum absolute atomic E-state index is 13.5. The van der Waals surface area contributed by atoms with Gasteiger partial charge in [0.15, 0.2) is 0 Å². The van der Waals surface area contributed by atoms with Gasteiger partial charge in [-0.25, -0.2) is 0 Å². The minimum absolute atomic E-state index is 0.114. The van der Waals surface area contributed by atoms with Crippen molar-refractivity contribution in [3.05, 3.63) is 93.3 Å². The van der Waals surface area contributed by atoms with Crippen molar-refractivity contribution in [2.75, 3.05) is 16.8 Å². The summed E-state index contributed by atoms with van der Waals surface area (Å²) in [5, 5.41) is 3.75. The van der Waals surface area contributed by atoms with Gasteiger partial charge in [0.25, 0.3) is 5.91 Å². The number of rotatable bonds is 3. The summed E-state index contributed by atoms with van der Waals surface area (Å²) < 4.78 is 41.2. The number of fused-ring (bicyclic) bond motifs is 2. The van der Waals surface area contributed by atoms with E-state index in [1.165, 1.54) is 23.0 Å². The zero-order chi connectivity index (χ0) is 23.2. The van der Waals surface area contributed by atoms with E-state index < -0.39 is 17.6 Å². The van der Waals surface area contributed by atoms with Crippen molar-refractivity contribution in [1.29, 1.82) is 0 Å². The molecular weight excluding hydrogens is 469 g/mol. The topological polar surface area (TPSA) is 32.3 Å². The van der Waals surface area contributed by atoms with Crippen LogP contribution in [-0.2, 0) is 19.1 Å². The zero-order valence-corrected chi connectivity index (χ0v) is 18.8. The SMILES string of the molecule is O=C(Nc1cc(C(F)(F)F)ccc1N1CCc2ccccc2C1)c1sc2ccccc2c1Cl. The highest BCUT2D eigenvalue weighted by Crippen LogP contribution is 2.39. The molecule has 0 radical (unpaired) electrons. The van der Waals surface area contributed by atoms with Gasteiger partial charge in [-0.3, -0.25) is 4.79 Å². The average Bonchev–Trinajstić information content (AvgIpc) is 3.15. The van der Waals surface area contributed by atoms with Crippen LogP contribution >= 0.6 is 22.9 Å². The van der Waals surface area contributed by atoms with Crippen molar-refractivity contribution in [2.24, 2.45) is 0 Å². The third-order valence-electron chi connectivity index (χ3n) is 5.78. The van der Waals surface area contributed by atoms with Gasteiger partial charge in [-0.05, 0) is 41.8 Å². The third kappa shape index (κ3) is 4.18. The Morgan fingerprint density at radius 1 is 1.00 bits per heavy atom. The quantitative estimate of drug-likeness (QED) is 0.327. The molecular formula is C25H18ClF3N2OS. The first-order chi connectivity index (χ1) is 15.8. The van der Waals surface area contributed by atoms with E-state index in [9.17, 15) is 18.0 Å². The first kappa shape index (κ1) is 21.8. The first-order valence-electron chi connectivity index (χ1n) is 10.3. The highest BCUT2D eigenvalue weighted by molar-refractivity contribution is 7.21. The summed E-state index contributed by atoms with van der Waals surface area (Å²) >= 11 is 7.64. The Labute approximate surface area is 197 Å². The Morgan fingerprint density at radius 3 is 2.48 bits per heavy atom. The van der Waals surface area contributed by atoms with Crippen LogP contribution in [0.15, 0.2) is 66.7 Å². The molecule has 3 nitrogen and oxygen atoms in total. The van der Waals surface area contributed by atoms with E-state index in [1.807, 2.05) is 47.4 Å². The molecule has 5 rings (SSSR count). The maximum atomic E-state index is 13.5. The summed E-state index contributed by atoms with van der Waals surface area (Å²) in [5.41, 5.74) is 2.18. The van der Waals surface area contributed by atoms with Gasteiger partial charge in [0, 0.05) is 23.2 Å². The fraction of sp³-hybridized carbons (Fsp3) is 0.160. The van der Waals surface area contributed by atoms with Gasteiger partial charge in [-0.2, -0.15) is 13.2 Å². The molecule has 0 fully saturated rings. The predicted octanol–water partition coefficient (Wildman–Crippen LogP) is 7.39. The van der Waals surface area contributed by atoms with Crippen molar-refractivity contribution >= 4 is 50.3 Å². The van der Waals surface area contributed by atoms with Gasteiger partial charge in [0.05, 0.1) is 22.0 Å². The van der Waals surface area contributed by atoms with E-state index in [4.69, 9.17) is 11.6 Å². The van der Waals surface area contributed by atoms with Crippen LogP contribution < -0.4 is 10.2 Å². The molecule has 1 aromatic heterocycles. The van der Waals surface area contributed by atoms with E-state index >= 15 is 0 Å². The van der Waals surface area contributed by atoms with Crippen LogP contribution in [0.4, 0.5) is 24.5 Å². The van der Waals surface area contributed by atoms with Crippen molar-refractivity contribution in [2.45, 2.75) is 19.1 Å². The van der Waals surface area contributed by atoms with Gasteiger partial charge in [0.2, 0.25) is 0 Å². The lowest BCUT2D eigenvalue weighted by atomic mass is 9.99. The van der Waals surface area contributed by atoms with Crippen molar-refractivity contribution in [3.8, 4) is 0 Å². The van der Waals surface area contributed by atoms with E-state index in [-0.39, 0.29) is 10.6 Å². The van der Waals surface area contributed by atoms with Gasteiger partial charge in [0.1, 0.15) is 4.88 Å². The average molecular weight is 487 g/mol. The monoisotopic (exact) mass is 486 g/mol. The highest BCUT2D eigenvalue weighted by atomic mass is 35.5. The Balaban J connectivity index is 1.52. The van der Waals surface area contributed by atoms with Crippen LogP contribution in [0.5, 0.6) is 0 Å². The molecule has 0 unspecified atom stereocenters. The fourth-order valence-electron chi connectivity index (χ4n) is 4.13. The van der Waals surface area contributed by atoms with Gasteiger partial charge >= 0.3 is 6.18 Å². The summed E-state index contributed by atoms with van der Waals surface area (Å²) in [6.07, 6.45) is -3.76. The standard InChI is InChI=1S/C25H18ClF3N2OS/c26-22-18-7-3-4-8-21(18)33-23(22)24(32)30-19-13-17(25(27,28)29)9-10-20(19)31-12-11-15-5-1-2-6-16(15)14-31/h1-10,13H,11-12,14H2,(H,30,32). The fourth-order valence-corrected chi connectivity index (χ4v) is 5.54. The molecule has 4 aromatic rings. The highest BCUT2D eigenvalue weighted by Gasteiger charge is 2.32. The second-order valence-electron chi connectivity index (χ2n) is 7.87. The van der Waals surface area contributed by atoms with Crippen LogP contribution in [0.25, 0.3) is 10.1 Å². The minimum Gasteiger partial charge on any atom is -0.365 e. The molecule has 33 heavy (non-hydrogen) atoms.